The third-order valence-electron chi connectivity index (χ3n) is 5.31. The zero-order chi connectivity index (χ0) is 15.4. The van der Waals surface area contributed by atoms with Crippen molar-refractivity contribution in [3.05, 3.63) is 48.0 Å². The lowest BCUT2D eigenvalue weighted by Gasteiger charge is -2.15. The molecule has 0 radical (unpaired) electrons. The Labute approximate surface area is 135 Å². The van der Waals surface area contributed by atoms with E-state index in [-0.39, 0.29) is 0 Å². The van der Waals surface area contributed by atoms with Gasteiger partial charge in [0, 0.05) is 28.9 Å². The molecule has 2 saturated heterocycles. The monoisotopic (exact) mass is 307 g/mol. The van der Waals surface area contributed by atoms with E-state index in [1.807, 2.05) is 0 Å². The highest BCUT2D eigenvalue weighted by atomic mass is 16.6. The van der Waals surface area contributed by atoms with E-state index < -0.39 is 0 Å². The average molecular weight is 307 g/mol. The Morgan fingerprint density at radius 1 is 0.957 bits per heavy atom. The molecule has 3 nitrogen and oxygen atoms in total. The number of nitrogens with zero attached hydrogens (tertiary/aromatic N) is 1. The molecule has 0 aliphatic carbocycles. The summed E-state index contributed by atoms with van der Waals surface area (Å²) in [7, 11) is 2.15. The van der Waals surface area contributed by atoms with E-state index >= 15 is 0 Å². The van der Waals surface area contributed by atoms with Crippen molar-refractivity contribution in [2.24, 2.45) is 7.05 Å². The van der Waals surface area contributed by atoms with Gasteiger partial charge < -0.3 is 14.0 Å². The molecule has 118 valence electrons. The Morgan fingerprint density at radius 2 is 1.61 bits per heavy atom. The van der Waals surface area contributed by atoms with Crippen LogP contribution in [0.5, 0.6) is 0 Å². The molecule has 0 N–H and O–H groups in total. The minimum absolute atomic E-state index is 0.460. The number of fused-ring (bicyclic) bond motifs is 3. The van der Waals surface area contributed by atoms with Gasteiger partial charge >= 0.3 is 0 Å². The molecule has 5 rings (SSSR count). The van der Waals surface area contributed by atoms with Crippen LogP contribution < -0.4 is 0 Å². The molecular formula is C20H21NO2. The Bertz CT molecular complexity index is 860. The standard InChI is InChI=1S/C20H21NO2/c1-21-19-5-3-2-4-17(19)18-10-13(6-7-20(18)21)14(8-15-11-22-15)9-16-12-23-16/h2-7,10,14-16H,8-9,11-12H2,1H3. The molecule has 0 spiro atoms. The van der Waals surface area contributed by atoms with Crippen LogP contribution in [-0.2, 0) is 16.5 Å². The molecule has 0 bridgehead atoms. The summed E-state index contributed by atoms with van der Waals surface area (Å²) in [6, 6.07) is 15.6. The topological polar surface area (TPSA) is 30.0 Å². The molecule has 0 saturated carbocycles. The fraction of sp³-hybridized carbons (Fsp3) is 0.400. The van der Waals surface area contributed by atoms with E-state index in [0.29, 0.717) is 18.1 Å². The zero-order valence-electron chi connectivity index (χ0n) is 13.4. The van der Waals surface area contributed by atoms with Crippen LogP contribution in [0.4, 0.5) is 0 Å². The molecule has 0 amide bonds. The summed E-state index contributed by atoms with van der Waals surface area (Å²) >= 11 is 0. The Hall–Kier alpha value is -1.84. The van der Waals surface area contributed by atoms with E-state index in [0.717, 1.165) is 26.1 Å². The first kappa shape index (κ1) is 13.6. The van der Waals surface area contributed by atoms with Gasteiger partial charge in [0.2, 0.25) is 0 Å². The number of rotatable bonds is 5. The molecule has 2 aliphatic rings. The zero-order valence-corrected chi connectivity index (χ0v) is 13.4. The fourth-order valence-corrected chi connectivity index (χ4v) is 3.85. The molecule has 2 fully saturated rings. The van der Waals surface area contributed by atoms with Crippen LogP contribution in [-0.4, -0.2) is 30.0 Å². The summed E-state index contributed by atoms with van der Waals surface area (Å²) in [4.78, 5) is 0. The van der Waals surface area contributed by atoms with Gasteiger partial charge in [-0.15, -0.1) is 0 Å². The minimum Gasteiger partial charge on any atom is -0.373 e. The highest BCUT2D eigenvalue weighted by Crippen LogP contribution is 2.37. The maximum Gasteiger partial charge on any atom is 0.0815 e. The van der Waals surface area contributed by atoms with Gasteiger partial charge in [0.15, 0.2) is 0 Å². The molecule has 2 aromatic carbocycles. The number of ether oxygens (including phenoxy) is 2. The number of hydrogen-bond acceptors (Lipinski definition) is 2. The lowest BCUT2D eigenvalue weighted by Crippen LogP contribution is -2.06. The second-order valence-corrected chi connectivity index (χ2v) is 6.93. The molecule has 23 heavy (non-hydrogen) atoms. The first-order chi connectivity index (χ1) is 11.3. The van der Waals surface area contributed by atoms with Crippen LogP contribution in [0.3, 0.4) is 0 Å². The third-order valence-corrected chi connectivity index (χ3v) is 5.31. The number of benzene rings is 2. The van der Waals surface area contributed by atoms with Crippen LogP contribution in [0.15, 0.2) is 42.5 Å². The van der Waals surface area contributed by atoms with Gasteiger partial charge in [0.25, 0.3) is 0 Å². The lowest BCUT2D eigenvalue weighted by molar-refractivity contribution is 0.345. The normalized spacial score (nSPS) is 24.2. The van der Waals surface area contributed by atoms with Crippen molar-refractivity contribution < 1.29 is 9.47 Å². The molecule has 3 aromatic rings. The molecule has 2 atom stereocenters. The van der Waals surface area contributed by atoms with Crippen molar-refractivity contribution in [1.82, 2.24) is 4.57 Å². The summed E-state index contributed by atoms with van der Waals surface area (Å²) in [5.74, 6) is 0.540. The van der Waals surface area contributed by atoms with Crippen molar-refractivity contribution >= 4 is 21.8 Å². The SMILES string of the molecule is Cn1c2ccccc2c2cc(C(CC3CO3)CC3CO3)ccc21. The maximum atomic E-state index is 5.48. The summed E-state index contributed by atoms with van der Waals surface area (Å²) in [5.41, 5.74) is 4.03. The van der Waals surface area contributed by atoms with Gasteiger partial charge in [-0.2, -0.15) is 0 Å². The quantitative estimate of drug-likeness (QED) is 0.667. The van der Waals surface area contributed by atoms with Crippen molar-refractivity contribution in [1.29, 1.82) is 0 Å². The van der Waals surface area contributed by atoms with Crippen LogP contribution >= 0.6 is 0 Å². The largest absolute Gasteiger partial charge is 0.373 e. The first-order valence-electron chi connectivity index (χ1n) is 8.50. The second-order valence-electron chi connectivity index (χ2n) is 6.93. The first-order valence-corrected chi connectivity index (χ1v) is 8.50. The fourth-order valence-electron chi connectivity index (χ4n) is 3.85. The highest BCUT2D eigenvalue weighted by molar-refractivity contribution is 6.08. The van der Waals surface area contributed by atoms with Gasteiger partial charge in [-0.25, -0.2) is 0 Å². The lowest BCUT2D eigenvalue weighted by atomic mass is 9.89. The summed E-state index contributed by atoms with van der Waals surface area (Å²) in [6.45, 7) is 1.86. The third kappa shape index (κ3) is 2.44. The Kier molecular flexibility index (Phi) is 3.00. The van der Waals surface area contributed by atoms with Gasteiger partial charge in [0.05, 0.1) is 25.4 Å². The predicted octanol–water partition coefficient (Wildman–Crippen LogP) is 3.99. The number of aryl methyl sites for hydroxylation is 1. The Morgan fingerprint density at radius 3 is 2.30 bits per heavy atom. The van der Waals surface area contributed by atoms with Crippen LogP contribution in [0.2, 0.25) is 0 Å². The summed E-state index contributed by atoms with van der Waals surface area (Å²) in [6.07, 6.45) is 3.16. The van der Waals surface area contributed by atoms with E-state index in [2.05, 4.69) is 54.1 Å². The van der Waals surface area contributed by atoms with Crippen molar-refractivity contribution in [3.63, 3.8) is 0 Å². The van der Waals surface area contributed by atoms with E-state index in [1.165, 1.54) is 27.4 Å². The van der Waals surface area contributed by atoms with Crippen LogP contribution in [0, 0.1) is 0 Å². The van der Waals surface area contributed by atoms with E-state index in [4.69, 9.17) is 9.47 Å². The number of hydrogen-bond donors (Lipinski definition) is 0. The second kappa shape index (κ2) is 5.08. The molecule has 3 heteroatoms. The molecular weight excluding hydrogens is 286 g/mol. The predicted molar refractivity (Wildman–Crippen MR) is 91.9 cm³/mol. The maximum absolute atomic E-state index is 5.48. The van der Waals surface area contributed by atoms with Crippen LogP contribution in [0.1, 0.15) is 24.3 Å². The summed E-state index contributed by atoms with van der Waals surface area (Å²) < 4.78 is 13.2. The van der Waals surface area contributed by atoms with E-state index in [9.17, 15) is 0 Å². The molecule has 2 aliphatic heterocycles. The van der Waals surface area contributed by atoms with Gasteiger partial charge in [-0.05, 0) is 42.5 Å². The smallest absolute Gasteiger partial charge is 0.0815 e. The number of para-hydroxylation sites is 1. The van der Waals surface area contributed by atoms with Crippen molar-refractivity contribution in [2.75, 3.05) is 13.2 Å². The number of epoxide rings is 2. The summed E-state index contributed by atoms with van der Waals surface area (Å²) in [5, 5.41) is 2.70. The number of aromatic nitrogens is 1. The minimum atomic E-state index is 0.460. The Balaban J connectivity index is 1.61. The van der Waals surface area contributed by atoms with Gasteiger partial charge in [-0.1, -0.05) is 24.3 Å². The molecule has 3 heterocycles. The highest BCUT2D eigenvalue weighted by Gasteiger charge is 2.33. The molecule has 2 unspecified atom stereocenters. The van der Waals surface area contributed by atoms with Crippen molar-refractivity contribution in [3.8, 4) is 0 Å². The molecule has 1 aromatic heterocycles. The van der Waals surface area contributed by atoms with Crippen LogP contribution in [0.25, 0.3) is 21.8 Å². The van der Waals surface area contributed by atoms with Gasteiger partial charge in [0.1, 0.15) is 0 Å². The van der Waals surface area contributed by atoms with Gasteiger partial charge in [-0.3, -0.25) is 0 Å². The van der Waals surface area contributed by atoms with E-state index in [1.54, 1.807) is 0 Å². The average Bonchev–Trinajstić information content (AvgIpc) is 3.50. The van der Waals surface area contributed by atoms with Crippen molar-refractivity contribution in [2.45, 2.75) is 31.0 Å².